The molecule has 1 N–H and O–H groups in total. The van der Waals surface area contributed by atoms with Crippen LogP contribution >= 0.6 is 0 Å². The maximum Gasteiger partial charge on any atom is 0.163 e. The molecule has 1 unspecified atom stereocenters. The van der Waals surface area contributed by atoms with E-state index in [1.54, 1.807) is 24.5 Å². The van der Waals surface area contributed by atoms with Gasteiger partial charge in [-0.25, -0.2) is 8.78 Å². The average Bonchev–Trinajstić information content (AvgIpc) is 2.48. The minimum atomic E-state index is -0.799. The number of rotatable bonds is 6. The molecular weight excluding hydrogens is 258 g/mol. The van der Waals surface area contributed by atoms with Crippen molar-refractivity contribution in [3.63, 3.8) is 0 Å². The van der Waals surface area contributed by atoms with E-state index < -0.39 is 11.6 Å². The molecule has 2 aromatic rings. The van der Waals surface area contributed by atoms with Gasteiger partial charge < -0.3 is 5.32 Å². The molecule has 1 aromatic carbocycles. The van der Waals surface area contributed by atoms with Crippen molar-refractivity contribution in [1.82, 2.24) is 10.3 Å². The minimum Gasteiger partial charge on any atom is -0.310 e. The Morgan fingerprint density at radius 3 is 2.75 bits per heavy atom. The molecule has 20 heavy (non-hydrogen) atoms. The van der Waals surface area contributed by atoms with Gasteiger partial charge in [0.05, 0.1) is 0 Å². The Hall–Kier alpha value is -1.81. The summed E-state index contributed by atoms with van der Waals surface area (Å²) in [5.74, 6) is -1.56. The summed E-state index contributed by atoms with van der Waals surface area (Å²) in [6.07, 6.45) is 4.98. The van der Waals surface area contributed by atoms with Crippen LogP contribution in [-0.4, -0.2) is 11.5 Å². The molecule has 1 heterocycles. The number of hydrogen-bond acceptors (Lipinski definition) is 2. The highest BCUT2D eigenvalue weighted by molar-refractivity contribution is 5.23. The Morgan fingerprint density at radius 1 is 1.20 bits per heavy atom. The molecule has 0 amide bonds. The first-order valence-corrected chi connectivity index (χ1v) is 6.78. The summed E-state index contributed by atoms with van der Waals surface area (Å²) in [5.41, 5.74) is 1.47. The molecule has 0 spiro atoms. The van der Waals surface area contributed by atoms with Gasteiger partial charge in [-0.15, -0.1) is 0 Å². The first-order valence-electron chi connectivity index (χ1n) is 6.78. The van der Waals surface area contributed by atoms with E-state index in [-0.39, 0.29) is 6.04 Å². The Bertz CT molecular complexity index is 543. The summed E-state index contributed by atoms with van der Waals surface area (Å²) in [5, 5.41) is 3.21. The third-order valence-corrected chi connectivity index (χ3v) is 3.25. The zero-order valence-corrected chi connectivity index (χ0v) is 11.4. The molecule has 2 nitrogen and oxygen atoms in total. The van der Waals surface area contributed by atoms with Gasteiger partial charge in [-0.05, 0) is 37.1 Å². The van der Waals surface area contributed by atoms with E-state index in [4.69, 9.17) is 0 Å². The number of nitrogens with one attached hydrogen (secondary N) is 1. The number of hydrogen-bond donors (Lipinski definition) is 1. The van der Waals surface area contributed by atoms with Crippen LogP contribution in [0.4, 0.5) is 8.78 Å². The van der Waals surface area contributed by atoms with E-state index >= 15 is 0 Å². The monoisotopic (exact) mass is 276 g/mol. The summed E-state index contributed by atoms with van der Waals surface area (Å²) in [6.45, 7) is 2.65. The number of halogens is 2. The third-order valence-electron chi connectivity index (χ3n) is 3.25. The van der Waals surface area contributed by atoms with Gasteiger partial charge in [0.2, 0.25) is 0 Å². The fourth-order valence-corrected chi connectivity index (χ4v) is 2.26. The van der Waals surface area contributed by atoms with Crippen LogP contribution in [0.15, 0.2) is 42.7 Å². The first-order chi connectivity index (χ1) is 9.72. The van der Waals surface area contributed by atoms with Crippen LogP contribution in [-0.2, 0) is 6.42 Å². The lowest BCUT2D eigenvalue weighted by atomic mass is 9.99. The highest BCUT2D eigenvalue weighted by atomic mass is 19.2. The van der Waals surface area contributed by atoms with Crippen LogP contribution in [0.25, 0.3) is 0 Å². The molecule has 0 saturated carbocycles. The summed E-state index contributed by atoms with van der Waals surface area (Å²) in [4.78, 5) is 4.06. The van der Waals surface area contributed by atoms with Crippen LogP contribution in [0, 0.1) is 11.6 Å². The van der Waals surface area contributed by atoms with Gasteiger partial charge >= 0.3 is 0 Å². The molecule has 0 bridgehead atoms. The summed E-state index contributed by atoms with van der Waals surface area (Å²) >= 11 is 0. The lowest BCUT2D eigenvalue weighted by molar-refractivity contribution is 0.452. The molecule has 0 radical (unpaired) electrons. The molecule has 2 rings (SSSR count). The van der Waals surface area contributed by atoms with Crippen molar-refractivity contribution in [1.29, 1.82) is 0 Å². The molecule has 0 aliphatic carbocycles. The Labute approximate surface area is 117 Å². The molecule has 4 heteroatoms. The molecular formula is C16H18F2N2. The van der Waals surface area contributed by atoms with Gasteiger partial charge in [-0.1, -0.05) is 25.1 Å². The van der Waals surface area contributed by atoms with Gasteiger partial charge in [-0.2, -0.15) is 0 Å². The van der Waals surface area contributed by atoms with Crippen molar-refractivity contribution in [2.45, 2.75) is 25.8 Å². The Kier molecular flexibility index (Phi) is 5.18. The smallest absolute Gasteiger partial charge is 0.163 e. The maximum atomic E-state index is 13.9. The maximum absolute atomic E-state index is 13.9. The highest BCUT2D eigenvalue weighted by Crippen LogP contribution is 2.23. The van der Waals surface area contributed by atoms with Crippen LogP contribution in [0.2, 0.25) is 0 Å². The van der Waals surface area contributed by atoms with E-state index in [1.807, 2.05) is 19.1 Å². The van der Waals surface area contributed by atoms with Gasteiger partial charge in [0.15, 0.2) is 11.6 Å². The lowest BCUT2D eigenvalue weighted by Crippen LogP contribution is -2.23. The number of nitrogens with zero attached hydrogens (tertiary/aromatic N) is 1. The number of aromatic nitrogens is 1. The van der Waals surface area contributed by atoms with Crippen molar-refractivity contribution >= 4 is 0 Å². The predicted octanol–water partition coefficient (Wildman–Crippen LogP) is 3.64. The van der Waals surface area contributed by atoms with Crippen molar-refractivity contribution < 1.29 is 8.78 Å². The predicted molar refractivity (Wildman–Crippen MR) is 75.3 cm³/mol. The van der Waals surface area contributed by atoms with Crippen LogP contribution < -0.4 is 5.32 Å². The van der Waals surface area contributed by atoms with E-state index in [0.717, 1.165) is 18.1 Å². The quantitative estimate of drug-likeness (QED) is 0.871. The largest absolute Gasteiger partial charge is 0.310 e. The summed E-state index contributed by atoms with van der Waals surface area (Å²) < 4.78 is 27.2. The fraction of sp³-hybridized carbons (Fsp3) is 0.312. The zero-order valence-electron chi connectivity index (χ0n) is 11.4. The molecule has 1 aromatic heterocycles. The second-order valence-electron chi connectivity index (χ2n) is 4.65. The molecule has 0 aliphatic heterocycles. The average molecular weight is 276 g/mol. The van der Waals surface area contributed by atoms with Crippen molar-refractivity contribution in [3.8, 4) is 0 Å². The van der Waals surface area contributed by atoms with Gasteiger partial charge in [0, 0.05) is 24.0 Å². The number of pyridine rings is 1. The van der Waals surface area contributed by atoms with Crippen molar-refractivity contribution in [2.24, 2.45) is 0 Å². The second-order valence-corrected chi connectivity index (χ2v) is 4.65. The van der Waals surface area contributed by atoms with Crippen LogP contribution in [0.5, 0.6) is 0 Å². The highest BCUT2D eigenvalue weighted by Gasteiger charge is 2.17. The van der Waals surface area contributed by atoms with Crippen LogP contribution in [0.1, 0.15) is 30.5 Å². The first kappa shape index (κ1) is 14.6. The molecule has 0 saturated heterocycles. The SMILES string of the molecule is CCNC(CCc1cccnc1)c1cccc(F)c1F. The second kappa shape index (κ2) is 7.10. The van der Waals surface area contributed by atoms with E-state index in [0.29, 0.717) is 18.5 Å². The van der Waals surface area contributed by atoms with Gasteiger partial charge in [0.1, 0.15) is 0 Å². The standard InChI is InChI=1S/C16H18F2N2/c1-2-20-15(9-8-12-5-4-10-19-11-12)13-6-3-7-14(17)16(13)18/h3-7,10-11,15,20H,2,8-9H2,1H3. The molecule has 1 atom stereocenters. The van der Waals surface area contributed by atoms with E-state index in [2.05, 4.69) is 10.3 Å². The van der Waals surface area contributed by atoms with Gasteiger partial charge in [-0.3, -0.25) is 4.98 Å². The normalized spacial score (nSPS) is 12.3. The Morgan fingerprint density at radius 2 is 2.05 bits per heavy atom. The van der Waals surface area contributed by atoms with Crippen LogP contribution in [0.3, 0.4) is 0 Å². The zero-order chi connectivity index (χ0) is 14.4. The van der Waals surface area contributed by atoms with E-state index in [1.165, 1.54) is 0 Å². The summed E-state index contributed by atoms with van der Waals surface area (Å²) in [7, 11) is 0. The minimum absolute atomic E-state index is 0.198. The molecule has 0 fully saturated rings. The fourth-order valence-electron chi connectivity index (χ4n) is 2.26. The topological polar surface area (TPSA) is 24.9 Å². The van der Waals surface area contributed by atoms with Gasteiger partial charge in [0.25, 0.3) is 0 Å². The summed E-state index contributed by atoms with van der Waals surface area (Å²) in [6, 6.07) is 7.98. The van der Waals surface area contributed by atoms with E-state index in [9.17, 15) is 8.78 Å². The Balaban J connectivity index is 2.12. The third kappa shape index (κ3) is 3.61. The molecule has 106 valence electrons. The number of benzene rings is 1. The van der Waals surface area contributed by atoms with Crippen molar-refractivity contribution in [2.75, 3.05) is 6.54 Å². The number of aryl methyl sites for hydroxylation is 1. The van der Waals surface area contributed by atoms with Crippen molar-refractivity contribution in [3.05, 3.63) is 65.5 Å². The lowest BCUT2D eigenvalue weighted by Gasteiger charge is -2.19. The molecule has 0 aliphatic rings.